The summed E-state index contributed by atoms with van der Waals surface area (Å²) in [6.45, 7) is 7.56. The molecule has 0 bridgehead atoms. The van der Waals surface area contributed by atoms with Crippen molar-refractivity contribution in [2.45, 2.75) is 89.5 Å². The summed E-state index contributed by atoms with van der Waals surface area (Å²) in [5.74, 6) is 0. The van der Waals surface area contributed by atoms with Crippen LogP contribution < -0.4 is 5.32 Å². The lowest BCUT2D eigenvalue weighted by Crippen LogP contribution is -2.42. The predicted octanol–water partition coefficient (Wildman–Crippen LogP) is 3.32. The van der Waals surface area contributed by atoms with Crippen LogP contribution in [0.4, 0.5) is 4.79 Å². The molecule has 2 aliphatic rings. The molecule has 1 saturated heterocycles. The van der Waals surface area contributed by atoms with Crippen molar-refractivity contribution in [3.8, 4) is 0 Å². The van der Waals surface area contributed by atoms with E-state index in [4.69, 9.17) is 9.47 Å². The van der Waals surface area contributed by atoms with Crippen LogP contribution in [-0.2, 0) is 9.47 Å². The smallest absolute Gasteiger partial charge is 0.410 e. The Morgan fingerprint density at radius 3 is 2.70 bits per heavy atom. The lowest BCUT2D eigenvalue weighted by Gasteiger charge is -2.31. The summed E-state index contributed by atoms with van der Waals surface area (Å²) in [6, 6.07) is 0.879. The molecule has 5 heteroatoms. The molecule has 3 atom stereocenters. The average molecular weight is 326 g/mol. The minimum atomic E-state index is -0.417. The molecule has 3 unspecified atom stereocenters. The van der Waals surface area contributed by atoms with Crippen LogP contribution in [0.2, 0.25) is 0 Å². The summed E-state index contributed by atoms with van der Waals surface area (Å²) in [4.78, 5) is 14.2. The number of carbonyl (C=O) groups is 1. The molecule has 2 fully saturated rings. The van der Waals surface area contributed by atoms with E-state index < -0.39 is 5.60 Å². The second kappa shape index (κ2) is 8.34. The van der Waals surface area contributed by atoms with Gasteiger partial charge in [0.15, 0.2) is 0 Å². The Labute approximate surface area is 141 Å². The molecule has 1 saturated carbocycles. The molecule has 1 heterocycles. The highest BCUT2D eigenvalue weighted by atomic mass is 16.6. The van der Waals surface area contributed by atoms with Crippen molar-refractivity contribution in [3.05, 3.63) is 0 Å². The van der Waals surface area contributed by atoms with Gasteiger partial charge in [0.05, 0.1) is 6.10 Å². The maximum absolute atomic E-state index is 12.3. The lowest BCUT2D eigenvalue weighted by molar-refractivity contribution is 0.0219. The molecule has 0 radical (unpaired) electrons. The van der Waals surface area contributed by atoms with E-state index in [1.807, 2.05) is 32.8 Å². The number of nitrogens with zero attached hydrogens (tertiary/aromatic N) is 1. The highest BCUT2D eigenvalue weighted by Crippen LogP contribution is 2.24. The maximum Gasteiger partial charge on any atom is 0.410 e. The zero-order valence-electron chi connectivity index (χ0n) is 15.3. The van der Waals surface area contributed by atoms with Gasteiger partial charge in [0.1, 0.15) is 5.60 Å². The quantitative estimate of drug-likeness (QED) is 0.842. The number of likely N-dealkylation sites (tertiary alicyclic amines) is 1. The van der Waals surface area contributed by atoms with Gasteiger partial charge in [0.25, 0.3) is 0 Å². The number of carbonyl (C=O) groups excluding carboxylic acids is 1. The Morgan fingerprint density at radius 2 is 2.00 bits per heavy atom. The van der Waals surface area contributed by atoms with Crippen molar-refractivity contribution in [2.24, 2.45) is 0 Å². The molecule has 23 heavy (non-hydrogen) atoms. The fourth-order valence-corrected chi connectivity index (χ4v) is 3.70. The van der Waals surface area contributed by atoms with Crippen molar-refractivity contribution in [1.82, 2.24) is 10.2 Å². The summed E-state index contributed by atoms with van der Waals surface area (Å²) in [5.41, 5.74) is -0.417. The van der Waals surface area contributed by atoms with Gasteiger partial charge in [-0.3, -0.25) is 0 Å². The monoisotopic (exact) mass is 326 g/mol. The molecule has 1 N–H and O–H groups in total. The normalized spacial score (nSPS) is 28.9. The van der Waals surface area contributed by atoms with Crippen LogP contribution in [0.15, 0.2) is 0 Å². The molecule has 1 aliphatic heterocycles. The van der Waals surface area contributed by atoms with E-state index >= 15 is 0 Å². The Bertz CT molecular complexity index is 381. The molecule has 5 nitrogen and oxygen atoms in total. The second-order valence-corrected chi connectivity index (χ2v) is 7.93. The third kappa shape index (κ3) is 5.96. The van der Waals surface area contributed by atoms with Crippen LogP contribution in [-0.4, -0.2) is 55.0 Å². The SMILES string of the molecule is COC1CCCC(NCCC2CCCN2C(=O)OC(C)(C)C)C1. The van der Waals surface area contributed by atoms with Gasteiger partial charge in [-0.25, -0.2) is 4.79 Å². The van der Waals surface area contributed by atoms with Crippen molar-refractivity contribution in [1.29, 1.82) is 0 Å². The average Bonchev–Trinajstić information content (AvgIpc) is 2.94. The predicted molar refractivity (Wildman–Crippen MR) is 91.6 cm³/mol. The number of rotatable bonds is 5. The van der Waals surface area contributed by atoms with Gasteiger partial charge in [0, 0.05) is 25.7 Å². The molecular formula is C18H34N2O3. The van der Waals surface area contributed by atoms with E-state index in [0.29, 0.717) is 18.2 Å². The number of nitrogens with one attached hydrogen (secondary N) is 1. The van der Waals surface area contributed by atoms with Crippen LogP contribution >= 0.6 is 0 Å². The van der Waals surface area contributed by atoms with Gasteiger partial charge in [-0.2, -0.15) is 0 Å². The Balaban J connectivity index is 1.73. The molecule has 1 aliphatic carbocycles. The summed E-state index contributed by atoms with van der Waals surface area (Å²) < 4.78 is 11.0. The van der Waals surface area contributed by atoms with E-state index in [2.05, 4.69) is 5.32 Å². The largest absolute Gasteiger partial charge is 0.444 e. The van der Waals surface area contributed by atoms with Crippen LogP contribution in [0.5, 0.6) is 0 Å². The van der Waals surface area contributed by atoms with E-state index in [1.54, 1.807) is 0 Å². The minimum absolute atomic E-state index is 0.155. The van der Waals surface area contributed by atoms with Gasteiger partial charge < -0.3 is 19.7 Å². The van der Waals surface area contributed by atoms with Crippen LogP contribution in [0.25, 0.3) is 0 Å². The summed E-state index contributed by atoms with van der Waals surface area (Å²) in [7, 11) is 1.81. The number of ether oxygens (including phenoxy) is 2. The number of hydrogen-bond donors (Lipinski definition) is 1. The first-order valence-electron chi connectivity index (χ1n) is 9.15. The zero-order chi connectivity index (χ0) is 16.9. The van der Waals surface area contributed by atoms with E-state index in [1.165, 1.54) is 19.3 Å². The Kier molecular flexibility index (Phi) is 6.72. The molecule has 0 spiro atoms. The molecule has 0 aromatic carbocycles. The van der Waals surface area contributed by atoms with Crippen molar-refractivity contribution in [2.75, 3.05) is 20.2 Å². The molecular weight excluding hydrogens is 292 g/mol. The van der Waals surface area contributed by atoms with Gasteiger partial charge >= 0.3 is 6.09 Å². The van der Waals surface area contributed by atoms with Crippen molar-refractivity contribution >= 4 is 6.09 Å². The third-order valence-electron chi connectivity index (χ3n) is 4.88. The second-order valence-electron chi connectivity index (χ2n) is 7.93. The molecule has 1 amide bonds. The Hall–Kier alpha value is -0.810. The van der Waals surface area contributed by atoms with E-state index in [0.717, 1.165) is 38.8 Å². The van der Waals surface area contributed by atoms with Gasteiger partial charge in [0.2, 0.25) is 0 Å². The number of methoxy groups -OCH3 is 1. The van der Waals surface area contributed by atoms with Crippen LogP contribution in [0, 0.1) is 0 Å². The zero-order valence-corrected chi connectivity index (χ0v) is 15.3. The van der Waals surface area contributed by atoms with E-state index in [-0.39, 0.29) is 6.09 Å². The number of amides is 1. The topological polar surface area (TPSA) is 50.8 Å². The number of hydrogen-bond acceptors (Lipinski definition) is 4. The summed E-state index contributed by atoms with van der Waals surface area (Å²) in [6.07, 6.45) is 8.20. The fourth-order valence-electron chi connectivity index (χ4n) is 3.70. The van der Waals surface area contributed by atoms with Gasteiger partial charge in [-0.15, -0.1) is 0 Å². The third-order valence-corrected chi connectivity index (χ3v) is 4.88. The first kappa shape index (κ1) is 18.5. The molecule has 0 aromatic rings. The molecule has 0 aromatic heterocycles. The first-order chi connectivity index (χ1) is 10.9. The maximum atomic E-state index is 12.3. The first-order valence-corrected chi connectivity index (χ1v) is 9.15. The highest BCUT2D eigenvalue weighted by molar-refractivity contribution is 5.68. The van der Waals surface area contributed by atoms with Crippen molar-refractivity contribution < 1.29 is 14.3 Å². The van der Waals surface area contributed by atoms with Crippen molar-refractivity contribution in [3.63, 3.8) is 0 Å². The van der Waals surface area contributed by atoms with Crippen LogP contribution in [0.3, 0.4) is 0 Å². The minimum Gasteiger partial charge on any atom is -0.444 e. The highest BCUT2D eigenvalue weighted by Gasteiger charge is 2.32. The fraction of sp³-hybridized carbons (Fsp3) is 0.944. The molecule has 134 valence electrons. The lowest BCUT2D eigenvalue weighted by atomic mass is 9.92. The van der Waals surface area contributed by atoms with Gasteiger partial charge in [-0.05, 0) is 72.3 Å². The Morgan fingerprint density at radius 1 is 1.22 bits per heavy atom. The van der Waals surface area contributed by atoms with Crippen LogP contribution in [0.1, 0.15) is 65.7 Å². The van der Waals surface area contributed by atoms with E-state index in [9.17, 15) is 4.79 Å². The summed E-state index contributed by atoms with van der Waals surface area (Å²) >= 11 is 0. The van der Waals surface area contributed by atoms with Gasteiger partial charge in [-0.1, -0.05) is 0 Å². The standard InChI is InChI=1S/C18H34N2O3/c1-18(2,3)23-17(21)20-12-6-8-15(20)10-11-19-14-7-5-9-16(13-14)22-4/h14-16,19H,5-13H2,1-4H3. The summed E-state index contributed by atoms with van der Waals surface area (Å²) in [5, 5.41) is 3.66. The molecule has 2 rings (SSSR count).